The number of amides is 1. The van der Waals surface area contributed by atoms with Crippen LogP contribution < -0.4 is 5.43 Å². The second kappa shape index (κ2) is 10.9. The number of aryl methyl sites for hydroxylation is 1. The largest absolute Gasteiger partial charge is 0.272 e. The first kappa shape index (κ1) is 25.3. The highest BCUT2D eigenvalue weighted by Gasteiger charge is 2.19. The van der Waals surface area contributed by atoms with E-state index in [1.54, 1.807) is 18.2 Å². The summed E-state index contributed by atoms with van der Waals surface area (Å²) in [4.78, 5) is 12.4. The average Bonchev–Trinajstić information content (AvgIpc) is 3.28. The van der Waals surface area contributed by atoms with Crippen LogP contribution in [-0.4, -0.2) is 32.6 Å². The van der Waals surface area contributed by atoms with Crippen molar-refractivity contribution in [2.24, 2.45) is 5.10 Å². The summed E-state index contributed by atoms with van der Waals surface area (Å²) in [6.07, 6.45) is 1.28. The van der Waals surface area contributed by atoms with Gasteiger partial charge in [-0.3, -0.25) is 9.36 Å². The fourth-order valence-corrected chi connectivity index (χ4v) is 4.26. The molecular formula is C28H28FN5OS. The Balaban J connectivity index is 1.55. The molecule has 0 aliphatic carbocycles. The first-order valence-corrected chi connectivity index (χ1v) is 12.5. The molecule has 0 radical (unpaired) electrons. The molecule has 0 saturated heterocycles. The third-order valence-corrected chi connectivity index (χ3v) is 6.49. The lowest BCUT2D eigenvalue weighted by Gasteiger charge is -2.19. The molecule has 1 aromatic heterocycles. The van der Waals surface area contributed by atoms with Crippen LogP contribution >= 0.6 is 11.8 Å². The first-order valence-electron chi connectivity index (χ1n) is 11.5. The molecule has 0 bridgehead atoms. The Labute approximate surface area is 214 Å². The maximum absolute atomic E-state index is 13.7. The number of rotatable bonds is 7. The minimum atomic E-state index is -0.404. The van der Waals surface area contributed by atoms with Gasteiger partial charge in [-0.2, -0.15) is 5.10 Å². The standard InChI is InChI=1S/C28H28FN5OS/c1-19-9-15-23(16-10-19)34-26(20-11-13-22(14-12-20)28(2,3)4)32-33-27(34)36-18-25(35)31-30-17-21-7-5-6-8-24(21)29/h5-17H,18H2,1-4H3,(H,31,35)/b30-17-. The highest BCUT2D eigenvalue weighted by Crippen LogP contribution is 2.30. The summed E-state index contributed by atoms with van der Waals surface area (Å²) in [6, 6.07) is 22.6. The second-order valence-corrected chi connectivity index (χ2v) is 10.4. The van der Waals surface area contributed by atoms with Crippen LogP contribution in [0.25, 0.3) is 17.1 Å². The van der Waals surface area contributed by atoms with Crippen LogP contribution in [0.2, 0.25) is 0 Å². The van der Waals surface area contributed by atoms with Crippen molar-refractivity contribution in [3.8, 4) is 17.1 Å². The van der Waals surface area contributed by atoms with Crippen LogP contribution in [0.4, 0.5) is 4.39 Å². The zero-order valence-corrected chi connectivity index (χ0v) is 21.5. The van der Waals surface area contributed by atoms with Crippen molar-refractivity contribution in [3.05, 3.63) is 95.3 Å². The summed E-state index contributed by atoms with van der Waals surface area (Å²) in [5, 5.41) is 13.3. The number of halogens is 1. The van der Waals surface area contributed by atoms with Crippen LogP contribution in [-0.2, 0) is 10.2 Å². The Morgan fingerprint density at radius 2 is 1.72 bits per heavy atom. The fraction of sp³-hybridized carbons (Fsp3) is 0.214. The van der Waals surface area contributed by atoms with Crippen LogP contribution in [0.3, 0.4) is 0 Å². The molecule has 0 aliphatic heterocycles. The molecule has 0 spiro atoms. The van der Waals surface area contributed by atoms with Crippen LogP contribution in [0.1, 0.15) is 37.5 Å². The lowest BCUT2D eigenvalue weighted by Crippen LogP contribution is -2.20. The zero-order valence-electron chi connectivity index (χ0n) is 20.7. The third-order valence-electron chi connectivity index (χ3n) is 5.57. The molecule has 184 valence electrons. The van der Waals surface area contributed by atoms with Gasteiger partial charge in [0.25, 0.3) is 5.91 Å². The predicted octanol–water partition coefficient (Wildman–Crippen LogP) is 5.92. The summed E-state index contributed by atoms with van der Waals surface area (Å²) in [5.41, 5.74) is 7.00. The normalized spacial score (nSPS) is 11.7. The summed E-state index contributed by atoms with van der Waals surface area (Å²) in [6.45, 7) is 8.56. The molecule has 36 heavy (non-hydrogen) atoms. The number of hydrogen-bond donors (Lipinski definition) is 1. The molecule has 3 aromatic carbocycles. The molecule has 0 aliphatic rings. The van der Waals surface area contributed by atoms with Gasteiger partial charge in [-0.05, 0) is 36.1 Å². The van der Waals surface area contributed by atoms with Gasteiger partial charge in [0.2, 0.25) is 0 Å². The van der Waals surface area contributed by atoms with Crippen molar-refractivity contribution >= 4 is 23.9 Å². The van der Waals surface area contributed by atoms with Gasteiger partial charge >= 0.3 is 0 Å². The Hall–Kier alpha value is -3.78. The quantitative estimate of drug-likeness (QED) is 0.194. The molecule has 8 heteroatoms. The van der Waals surface area contributed by atoms with E-state index in [2.05, 4.69) is 53.6 Å². The van der Waals surface area contributed by atoms with E-state index < -0.39 is 5.82 Å². The van der Waals surface area contributed by atoms with Crippen LogP contribution in [0, 0.1) is 12.7 Å². The monoisotopic (exact) mass is 501 g/mol. The Bertz CT molecular complexity index is 1370. The van der Waals surface area contributed by atoms with Gasteiger partial charge in [0.1, 0.15) is 5.82 Å². The lowest BCUT2D eigenvalue weighted by atomic mass is 9.87. The van der Waals surface area contributed by atoms with Crippen molar-refractivity contribution in [1.82, 2.24) is 20.2 Å². The minimum absolute atomic E-state index is 0.0479. The number of thioether (sulfide) groups is 1. The molecular weight excluding hydrogens is 473 g/mol. The molecule has 0 fully saturated rings. The van der Waals surface area contributed by atoms with Gasteiger partial charge in [-0.15, -0.1) is 10.2 Å². The molecule has 1 amide bonds. The SMILES string of the molecule is Cc1ccc(-n2c(SCC(=O)N/N=C\c3ccccc3F)nnc2-c2ccc(C(C)(C)C)cc2)cc1. The molecule has 1 heterocycles. The van der Waals surface area contributed by atoms with Gasteiger partial charge < -0.3 is 0 Å². The number of carbonyl (C=O) groups is 1. The van der Waals surface area contributed by atoms with Crippen molar-refractivity contribution in [2.45, 2.75) is 38.3 Å². The Morgan fingerprint density at radius 1 is 1.03 bits per heavy atom. The van der Waals surface area contributed by atoms with Crippen molar-refractivity contribution in [1.29, 1.82) is 0 Å². The molecule has 4 aromatic rings. The number of aromatic nitrogens is 3. The Morgan fingerprint density at radius 3 is 2.39 bits per heavy atom. The van der Waals surface area contributed by atoms with E-state index in [9.17, 15) is 9.18 Å². The number of hydrazone groups is 1. The van der Waals surface area contributed by atoms with Crippen LogP contribution in [0.5, 0.6) is 0 Å². The maximum Gasteiger partial charge on any atom is 0.250 e. The summed E-state index contributed by atoms with van der Waals surface area (Å²) >= 11 is 1.26. The Kier molecular flexibility index (Phi) is 7.64. The molecule has 0 saturated carbocycles. The van der Waals surface area contributed by atoms with Crippen molar-refractivity contribution < 1.29 is 9.18 Å². The molecule has 6 nitrogen and oxygen atoms in total. The van der Waals surface area contributed by atoms with Gasteiger partial charge in [-0.1, -0.05) is 92.7 Å². The second-order valence-electron chi connectivity index (χ2n) is 9.41. The predicted molar refractivity (Wildman–Crippen MR) is 143 cm³/mol. The smallest absolute Gasteiger partial charge is 0.250 e. The zero-order chi connectivity index (χ0) is 25.7. The van der Waals surface area contributed by atoms with E-state index in [1.807, 2.05) is 47.9 Å². The highest BCUT2D eigenvalue weighted by atomic mass is 32.2. The van der Waals surface area contributed by atoms with E-state index in [1.165, 1.54) is 29.6 Å². The number of carbonyl (C=O) groups excluding carboxylic acids is 1. The highest BCUT2D eigenvalue weighted by molar-refractivity contribution is 7.99. The molecule has 1 N–H and O–H groups in total. The third kappa shape index (κ3) is 6.07. The minimum Gasteiger partial charge on any atom is -0.272 e. The summed E-state index contributed by atoms with van der Waals surface area (Å²) in [5.74, 6) is 0.0303. The lowest BCUT2D eigenvalue weighted by molar-refractivity contribution is -0.118. The molecule has 4 rings (SSSR count). The van der Waals surface area contributed by atoms with E-state index >= 15 is 0 Å². The summed E-state index contributed by atoms with van der Waals surface area (Å²) in [7, 11) is 0. The van der Waals surface area contributed by atoms with Crippen molar-refractivity contribution in [2.75, 3.05) is 5.75 Å². The maximum atomic E-state index is 13.7. The van der Waals surface area contributed by atoms with Crippen molar-refractivity contribution in [3.63, 3.8) is 0 Å². The number of hydrogen-bond acceptors (Lipinski definition) is 5. The van der Waals surface area contributed by atoms with Gasteiger partial charge in [-0.25, -0.2) is 9.82 Å². The summed E-state index contributed by atoms with van der Waals surface area (Å²) < 4.78 is 15.7. The number of nitrogens with one attached hydrogen (secondary N) is 1. The van der Waals surface area contributed by atoms with Gasteiger partial charge in [0, 0.05) is 16.8 Å². The molecule has 0 unspecified atom stereocenters. The molecule has 0 atom stereocenters. The van der Waals surface area contributed by atoms with E-state index in [0.29, 0.717) is 16.5 Å². The first-order chi connectivity index (χ1) is 17.2. The fourth-order valence-electron chi connectivity index (χ4n) is 3.51. The topological polar surface area (TPSA) is 72.2 Å². The van der Waals surface area contributed by atoms with E-state index in [0.717, 1.165) is 16.8 Å². The number of nitrogens with zero attached hydrogens (tertiary/aromatic N) is 4. The van der Waals surface area contributed by atoms with E-state index in [-0.39, 0.29) is 17.1 Å². The van der Waals surface area contributed by atoms with Gasteiger partial charge in [0.15, 0.2) is 11.0 Å². The number of benzene rings is 3. The average molecular weight is 502 g/mol. The van der Waals surface area contributed by atoms with E-state index in [4.69, 9.17) is 0 Å². The van der Waals surface area contributed by atoms with Crippen LogP contribution in [0.15, 0.2) is 83.1 Å². The van der Waals surface area contributed by atoms with Gasteiger partial charge in [0.05, 0.1) is 12.0 Å².